The van der Waals surface area contributed by atoms with Gasteiger partial charge in [0, 0.05) is 24.5 Å². The van der Waals surface area contributed by atoms with E-state index in [1.807, 2.05) is 37.8 Å². The van der Waals surface area contributed by atoms with Crippen molar-refractivity contribution in [2.24, 2.45) is 5.92 Å². The van der Waals surface area contributed by atoms with Gasteiger partial charge in [-0.3, -0.25) is 9.59 Å². The molecule has 1 aliphatic heterocycles. The molecule has 1 saturated heterocycles. The molecule has 2 aliphatic rings. The molecule has 1 aromatic rings. The Morgan fingerprint density at radius 1 is 1.14 bits per heavy atom. The molecule has 1 heterocycles. The van der Waals surface area contributed by atoms with Gasteiger partial charge < -0.3 is 10.2 Å². The summed E-state index contributed by atoms with van der Waals surface area (Å²) in [6.07, 6.45) is 2.12. The molecule has 0 unspecified atom stereocenters. The molecule has 1 N–H and O–H groups in total. The van der Waals surface area contributed by atoms with Crippen LogP contribution in [-0.4, -0.2) is 34.8 Å². The number of carbonyl (C=O) groups is 2. The second-order valence-corrected chi connectivity index (χ2v) is 7.46. The smallest absolute Gasteiger partial charge is 0.225 e. The highest BCUT2D eigenvalue weighted by molar-refractivity contribution is 5.89. The van der Waals surface area contributed by atoms with Crippen molar-refractivity contribution < 1.29 is 9.59 Å². The van der Waals surface area contributed by atoms with E-state index in [-0.39, 0.29) is 29.3 Å². The van der Waals surface area contributed by atoms with Crippen LogP contribution in [0.1, 0.15) is 38.3 Å². The molecule has 0 aromatic heterocycles. The van der Waals surface area contributed by atoms with Crippen molar-refractivity contribution in [1.82, 2.24) is 10.2 Å². The molecular formula is C18H24N2O2. The van der Waals surface area contributed by atoms with Gasteiger partial charge in [-0.05, 0) is 44.7 Å². The van der Waals surface area contributed by atoms with Crippen LogP contribution in [0, 0.1) is 5.92 Å². The summed E-state index contributed by atoms with van der Waals surface area (Å²) in [7, 11) is 0. The topological polar surface area (TPSA) is 49.4 Å². The molecule has 1 aliphatic carbocycles. The molecule has 1 aromatic carbocycles. The van der Waals surface area contributed by atoms with Crippen molar-refractivity contribution in [3.8, 4) is 0 Å². The van der Waals surface area contributed by atoms with Crippen molar-refractivity contribution >= 4 is 11.8 Å². The third-order valence-electron chi connectivity index (χ3n) is 4.70. The number of nitrogens with one attached hydrogen (secondary N) is 1. The van der Waals surface area contributed by atoms with E-state index in [2.05, 4.69) is 17.4 Å². The van der Waals surface area contributed by atoms with Crippen LogP contribution in [0.25, 0.3) is 0 Å². The average Bonchev–Trinajstić information content (AvgIpc) is 3.00. The number of fused-ring (bicyclic) bond motifs is 1. The molecule has 1 fully saturated rings. The molecule has 2 amide bonds. The molecule has 0 saturated carbocycles. The minimum atomic E-state index is -0.213. The molecule has 0 bridgehead atoms. The first-order valence-corrected chi connectivity index (χ1v) is 8.02. The summed E-state index contributed by atoms with van der Waals surface area (Å²) in [4.78, 5) is 26.4. The molecule has 3 rings (SSSR count). The van der Waals surface area contributed by atoms with E-state index >= 15 is 0 Å². The zero-order valence-electron chi connectivity index (χ0n) is 13.6. The van der Waals surface area contributed by atoms with Crippen LogP contribution >= 0.6 is 0 Å². The van der Waals surface area contributed by atoms with Crippen LogP contribution < -0.4 is 5.32 Å². The van der Waals surface area contributed by atoms with Gasteiger partial charge in [-0.2, -0.15) is 0 Å². The number of nitrogens with zero attached hydrogens (tertiary/aromatic N) is 1. The van der Waals surface area contributed by atoms with Crippen molar-refractivity contribution in [3.05, 3.63) is 35.4 Å². The predicted molar refractivity (Wildman–Crippen MR) is 85.4 cm³/mol. The maximum atomic E-state index is 12.5. The molecule has 0 radical (unpaired) electrons. The summed E-state index contributed by atoms with van der Waals surface area (Å²) in [6, 6.07) is 8.51. The van der Waals surface area contributed by atoms with Crippen molar-refractivity contribution in [2.75, 3.05) is 6.54 Å². The van der Waals surface area contributed by atoms with Gasteiger partial charge in [0.1, 0.15) is 0 Å². The van der Waals surface area contributed by atoms with Gasteiger partial charge >= 0.3 is 0 Å². The maximum absolute atomic E-state index is 12.5. The van der Waals surface area contributed by atoms with E-state index in [0.29, 0.717) is 13.0 Å². The van der Waals surface area contributed by atoms with E-state index in [1.165, 1.54) is 11.1 Å². The number of hydrogen-bond donors (Lipinski definition) is 1. The quantitative estimate of drug-likeness (QED) is 0.907. The first-order valence-electron chi connectivity index (χ1n) is 8.02. The van der Waals surface area contributed by atoms with Crippen molar-refractivity contribution in [2.45, 2.75) is 51.6 Å². The van der Waals surface area contributed by atoms with Crippen LogP contribution in [-0.2, 0) is 22.4 Å². The van der Waals surface area contributed by atoms with Gasteiger partial charge in [0.05, 0.1) is 5.92 Å². The Labute approximate surface area is 131 Å². The molecule has 118 valence electrons. The van der Waals surface area contributed by atoms with Gasteiger partial charge in [-0.25, -0.2) is 0 Å². The second-order valence-electron chi connectivity index (χ2n) is 7.46. The lowest BCUT2D eigenvalue weighted by Gasteiger charge is -2.32. The molecular weight excluding hydrogens is 276 g/mol. The number of carbonyl (C=O) groups excluding carboxylic acids is 2. The molecule has 4 nitrogen and oxygen atoms in total. The SMILES string of the molecule is CC(C)(C)N1C[C@@H](C(=O)NC2Cc3ccccc3C2)CC1=O. The maximum Gasteiger partial charge on any atom is 0.225 e. The van der Waals surface area contributed by atoms with Gasteiger partial charge in [-0.15, -0.1) is 0 Å². The number of benzene rings is 1. The zero-order valence-corrected chi connectivity index (χ0v) is 13.6. The first-order chi connectivity index (χ1) is 10.3. The summed E-state index contributed by atoms with van der Waals surface area (Å²) < 4.78 is 0. The lowest BCUT2D eigenvalue weighted by molar-refractivity contribution is -0.132. The summed E-state index contributed by atoms with van der Waals surface area (Å²) in [5.41, 5.74) is 2.44. The van der Waals surface area contributed by atoms with Crippen LogP contribution in [0.4, 0.5) is 0 Å². The summed E-state index contributed by atoms with van der Waals surface area (Å²) >= 11 is 0. The summed E-state index contributed by atoms with van der Waals surface area (Å²) in [5.74, 6) is -0.101. The Balaban J connectivity index is 1.59. The van der Waals surface area contributed by atoms with Gasteiger partial charge in [0.2, 0.25) is 11.8 Å². The summed E-state index contributed by atoms with van der Waals surface area (Å²) in [5, 5.41) is 3.14. The van der Waals surface area contributed by atoms with Crippen LogP contribution in [0.3, 0.4) is 0 Å². The lowest BCUT2D eigenvalue weighted by Crippen LogP contribution is -2.44. The number of hydrogen-bond acceptors (Lipinski definition) is 2. The summed E-state index contributed by atoms with van der Waals surface area (Å²) in [6.45, 7) is 6.57. The minimum absolute atomic E-state index is 0.0258. The minimum Gasteiger partial charge on any atom is -0.352 e. The third kappa shape index (κ3) is 2.87. The third-order valence-corrected chi connectivity index (χ3v) is 4.70. The second kappa shape index (κ2) is 5.41. The van der Waals surface area contributed by atoms with Gasteiger partial charge in [0.25, 0.3) is 0 Å². The Hall–Kier alpha value is -1.84. The first kappa shape index (κ1) is 15.1. The molecule has 4 heteroatoms. The standard InChI is InChI=1S/C18H24N2O2/c1-18(2,3)20-11-14(10-16(20)21)17(22)19-15-8-12-6-4-5-7-13(12)9-15/h4-7,14-15H,8-11H2,1-3H3,(H,19,22)/t14-/m0/s1. The fraction of sp³-hybridized carbons (Fsp3) is 0.556. The Kier molecular flexibility index (Phi) is 3.71. The Morgan fingerprint density at radius 2 is 1.73 bits per heavy atom. The molecule has 0 spiro atoms. The van der Waals surface area contributed by atoms with E-state index in [0.717, 1.165) is 12.8 Å². The predicted octanol–water partition coefficient (Wildman–Crippen LogP) is 1.92. The van der Waals surface area contributed by atoms with Crippen LogP contribution in [0.5, 0.6) is 0 Å². The Bertz CT molecular complexity index is 578. The zero-order chi connectivity index (χ0) is 15.9. The van der Waals surface area contributed by atoms with Gasteiger partial charge in [0.15, 0.2) is 0 Å². The Morgan fingerprint density at radius 3 is 2.23 bits per heavy atom. The van der Waals surface area contributed by atoms with Crippen molar-refractivity contribution in [1.29, 1.82) is 0 Å². The van der Waals surface area contributed by atoms with E-state index in [4.69, 9.17) is 0 Å². The van der Waals surface area contributed by atoms with Crippen LogP contribution in [0.2, 0.25) is 0 Å². The normalized spacial score (nSPS) is 22.0. The molecule has 22 heavy (non-hydrogen) atoms. The highest BCUT2D eigenvalue weighted by Crippen LogP contribution is 2.27. The average molecular weight is 300 g/mol. The number of amides is 2. The fourth-order valence-electron chi connectivity index (χ4n) is 3.51. The lowest BCUT2D eigenvalue weighted by atomic mass is 10.1. The largest absolute Gasteiger partial charge is 0.352 e. The van der Waals surface area contributed by atoms with E-state index in [1.54, 1.807) is 0 Å². The van der Waals surface area contributed by atoms with Crippen LogP contribution in [0.15, 0.2) is 24.3 Å². The number of rotatable bonds is 2. The van der Waals surface area contributed by atoms with Crippen molar-refractivity contribution in [3.63, 3.8) is 0 Å². The fourth-order valence-corrected chi connectivity index (χ4v) is 3.51. The van der Waals surface area contributed by atoms with Gasteiger partial charge in [-0.1, -0.05) is 24.3 Å². The highest BCUT2D eigenvalue weighted by Gasteiger charge is 2.40. The van der Waals surface area contributed by atoms with E-state index in [9.17, 15) is 9.59 Å². The monoisotopic (exact) mass is 300 g/mol. The van der Waals surface area contributed by atoms with E-state index < -0.39 is 0 Å². The number of likely N-dealkylation sites (tertiary alicyclic amines) is 1. The highest BCUT2D eigenvalue weighted by atomic mass is 16.2. The molecule has 1 atom stereocenters.